The summed E-state index contributed by atoms with van der Waals surface area (Å²) in [6, 6.07) is 7.47. The molecule has 174 valence electrons. The minimum Gasteiger partial charge on any atom is -0.394 e. The Morgan fingerprint density at radius 2 is 2.06 bits per heavy atom. The van der Waals surface area contributed by atoms with Gasteiger partial charge in [0, 0.05) is 24.7 Å². The van der Waals surface area contributed by atoms with Gasteiger partial charge in [0.05, 0.1) is 36.5 Å². The second kappa shape index (κ2) is 9.86. The lowest BCUT2D eigenvalue weighted by molar-refractivity contribution is 0.0984. The van der Waals surface area contributed by atoms with Crippen molar-refractivity contribution in [2.24, 2.45) is 0 Å². The third-order valence-electron chi connectivity index (χ3n) is 5.39. The molecule has 0 radical (unpaired) electrons. The van der Waals surface area contributed by atoms with Crippen LogP contribution >= 0.6 is 12.2 Å². The first-order valence-corrected chi connectivity index (χ1v) is 10.7. The summed E-state index contributed by atoms with van der Waals surface area (Å²) in [5.41, 5.74) is 1.59. The number of halogens is 3. The number of hydrogen-bond acceptors (Lipinski definition) is 6. The number of rotatable bonds is 6. The zero-order chi connectivity index (χ0) is 23.5. The van der Waals surface area contributed by atoms with Gasteiger partial charge < -0.3 is 25.7 Å². The number of thiocarbonyl (C=S) groups is 1. The Balaban J connectivity index is 1.64. The maximum atomic E-state index is 14.4. The molecule has 2 aromatic heterocycles. The molecule has 33 heavy (non-hydrogen) atoms. The molecule has 1 saturated heterocycles. The van der Waals surface area contributed by atoms with Gasteiger partial charge in [-0.3, -0.25) is 4.98 Å². The Hall–Kier alpha value is -3.02. The van der Waals surface area contributed by atoms with Crippen molar-refractivity contribution < 1.29 is 23.4 Å². The number of alkyl halides is 1. The Morgan fingerprint density at radius 3 is 2.85 bits per heavy atom. The molecule has 0 aliphatic carbocycles. The van der Waals surface area contributed by atoms with Crippen molar-refractivity contribution >= 4 is 39.9 Å². The zero-order valence-corrected chi connectivity index (χ0v) is 18.2. The normalized spacial score (nSPS) is 19.0. The first kappa shape index (κ1) is 23.1. The van der Waals surface area contributed by atoms with Gasteiger partial charge in [-0.15, -0.1) is 0 Å². The summed E-state index contributed by atoms with van der Waals surface area (Å²) >= 11 is 5.23. The van der Waals surface area contributed by atoms with Crippen molar-refractivity contribution in [2.75, 3.05) is 29.9 Å². The molecule has 11 heteroatoms. The molecule has 1 aliphatic rings. The first-order valence-electron chi connectivity index (χ1n) is 10.3. The lowest BCUT2D eigenvalue weighted by atomic mass is 10.0. The van der Waals surface area contributed by atoms with Crippen molar-refractivity contribution in [2.45, 2.75) is 24.7 Å². The first-order chi connectivity index (χ1) is 15.9. The van der Waals surface area contributed by atoms with Crippen LogP contribution in [-0.2, 0) is 0 Å². The van der Waals surface area contributed by atoms with E-state index in [4.69, 9.17) is 17.3 Å². The molecule has 4 N–H and O–H groups in total. The second-order valence-corrected chi connectivity index (χ2v) is 8.14. The predicted octanol–water partition coefficient (Wildman–Crippen LogP) is 2.84. The largest absolute Gasteiger partial charge is 0.394 e. The van der Waals surface area contributed by atoms with Crippen LogP contribution in [-0.4, -0.2) is 57.3 Å². The monoisotopic (exact) mass is 477 g/mol. The number of nitrogens with one attached hydrogen (secondary N) is 2. The molecule has 3 aromatic rings. The number of nitrogens with zero attached hydrogens (tertiary/aromatic N) is 3. The molecule has 0 amide bonds. The lowest BCUT2D eigenvalue weighted by Gasteiger charge is -2.26. The van der Waals surface area contributed by atoms with Crippen molar-refractivity contribution in [3.8, 4) is 0 Å². The highest BCUT2D eigenvalue weighted by Gasteiger charge is 2.36. The molecular formula is C22H22F3N5O2S. The van der Waals surface area contributed by atoms with Crippen LogP contribution in [0, 0.1) is 11.6 Å². The van der Waals surface area contributed by atoms with Gasteiger partial charge in [-0.2, -0.15) is 0 Å². The molecule has 0 saturated carbocycles. The predicted molar refractivity (Wildman–Crippen MR) is 123 cm³/mol. The molecule has 7 nitrogen and oxygen atoms in total. The Morgan fingerprint density at radius 1 is 1.24 bits per heavy atom. The fraction of sp³-hybridized carbons (Fsp3) is 0.318. The smallest absolute Gasteiger partial charge is 0.170 e. The Kier molecular flexibility index (Phi) is 6.91. The number of pyridine rings is 2. The van der Waals surface area contributed by atoms with Gasteiger partial charge in [0.2, 0.25) is 0 Å². The topological polar surface area (TPSA) is 93.5 Å². The number of benzene rings is 1. The van der Waals surface area contributed by atoms with Crippen LogP contribution in [0.1, 0.15) is 18.0 Å². The van der Waals surface area contributed by atoms with Crippen LogP contribution in [0.25, 0.3) is 11.0 Å². The fourth-order valence-corrected chi connectivity index (χ4v) is 4.01. The van der Waals surface area contributed by atoms with Gasteiger partial charge in [0.25, 0.3) is 0 Å². The van der Waals surface area contributed by atoms with E-state index in [9.17, 15) is 18.3 Å². The van der Waals surface area contributed by atoms with Crippen LogP contribution in [0.4, 0.5) is 24.7 Å². The molecule has 1 aliphatic heterocycles. The summed E-state index contributed by atoms with van der Waals surface area (Å²) in [4.78, 5) is 10.5. The number of hydrogen-bond donors (Lipinski definition) is 4. The average Bonchev–Trinajstić information content (AvgIpc) is 3.20. The van der Waals surface area contributed by atoms with Crippen LogP contribution < -0.4 is 15.5 Å². The van der Waals surface area contributed by atoms with E-state index >= 15 is 0 Å². The molecule has 1 fully saturated rings. The maximum absolute atomic E-state index is 14.4. The molecule has 3 atom stereocenters. The second-order valence-electron chi connectivity index (χ2n) is 7.73. The number of aliphatic hydroxyl groups excluding tert-OH is 2. The van der Waals surface area contributed by atoms with Crippen molar-refractivity contribution in [3.05, 3.63) is 59.8 Å². The number of fused-ring (bicyclic) bond motifs is 1. The number of aliphatic hydroxyl groups is 2. The van der Waals surface area contributed by atoms with Gasteiger partial charge in [0.15, 0.2) is 5.11 Å². The summed E-state index contributed by atoms with van der Waals surface area (Å²) < 4.78 is 42.6. The van der Waals surface area contributed by atoms with Crippen LogP contribution in [0.15, 0.2) is 42.6 Å². The lowest BCUT2D eigenvalue weighted by Crippen LogP contribution is -2.36. The SMILES string of the molecule is OCC(O)CNC(=S)Nc1ccnc2ccc(N3C[C@@H](F)C[C@@H]3c3cc(F)ccc3F)nc12. The van der Waals surface area contributed by atoms with Gasteiger partial charge in [-0.25, -0.2) is 18.2 Å². The van der Waals surface area contributed by atoms with E-state index in [1.807, 2.05) is 0 Å². The maximum Gasteiger partial charge on any atom is 0.170 e. The summed E-state index contributed by atoms with van der Waals surface area (Å²) in [6.45, 7) is -0.366. The number of aromatic nitrogens is 2. The average molecular weight is 478 g/mol. The molecular weight excluding hydrogens is 455 g/mol. The highest BCUT2D eigenvalue weighted by atomic mass is 32.1. The molecule has 0 bridgehead atoms. The highest BCUT2D eigenvalue weighted by molar-refractivity contribution is 7.80. The van der Waals surface area contributed by atoms with Gasteiger partial charge in [-0.05, 0) is 48.6 Å². The van der Waals surface area contributed by atoms with Gasteiger partial charge in [-0.1, -0.05) is 0 Å². The summed E-state index contributed by atoms with van der Waals surface area (Å²) in [7, 11) is 0. The molecule has 4 rings (SSSR count). The van der Waals surface area contributed by atoms with E-state index in [1.165, 1.54) is 0 Å². The van der Waals surface area contributed by atoms with Crippen molar-refractivity contribution in [1.29, 1.82) is 0 Å². The van der Waals surface area contributed by atoms with Crippen LogP contribution in [0.3, 0.4) is 0 Å². The van der Waals surface area contributed by atoms with E-state index in [0.717, 1.165) is 18.2 Å². The summed E-state index contributed by atoms with van der Waals surface area (Å²) in [5.74, 6) is -0.808. The Labute approximate surface area is 193 Å². The molecule has 1 aromatic carbocycles. The zero-order valence-electron chi connectivity index (χ0n) is 17.4. The quantitative estimate of drug-likeness (QED) is 0.403. The van der Waals surface area contributed by atoms with E-state index in [-0.39, 0.29) is 30.2 Å². The third kappa shape index (κ3) is 5.15. The molecule has 3 heterocycles. The van der Waals surface area contributed by atoms with E-state index in [0.29, 0.717) is 22.5 Å². The Bertz CT molecular complexity index is 1170. The standard InChI is InChI=1S/C22H22F3N5O2S/c23-12-1-2-16(25)15(7-12)19-8-13(24)10-30(19)20-4-3-17-21(29-20)18(5-6-26-17)28-22(33)27-9-14(32)11-31/h1-7,13-14,19,31-32H,8-11H2,(H2,26,27,28,33)/t13-,14?,19+/m0/s1. The van der Waals surface area contributed by atoms with Gasteiger partial charge in [0.1, 0.15) is 29.1 Å². The summed E-state index contributed by atoms with van der Waals surface area (Å²) in [6.07, 6.45) is -0.612. The molecule has 1 unspecified atom stereocenters. The third-order valence-corrected chi connectivity index (χ3v) is 5.63. The minimum absolute atomic E-state index is 0.0127. The fourth-order valence-electron chi connectivity index (χ4n) is 3.82. The number of anilines is 2. The van der Waals surface area contributed by atoms with E-state index in [2.05, 4.69) is 20.6 Å². The minimum atomic E-state index is -1.23. The summed E-state index contributed by atoms with van der Waals surface area (Å²) in [5, 5.41) is 24.4. The van der Waals surface area contributed by atoms with Crippen LogP contribution in [0.2, 0.25) is 0 Å². The van der Waals surface area contributed by atoms with E-state index < -0.39 is 36.6 Å². The van der Waals surface area contributed by atoms with Crippen LogP contribution in [0.5, 0.6) is 0 Å². The van der Waals surface area contributed by atoms with Crippen molar-refractivity contribution in [3.63, 3.8) is 0 Å². The van der Waals surface area contributed by atoms with Gasteiger partial charge >= 0.3 is 0 Å². The molecule has 0 spiro atoms. The highest BCUT2D eigenvalue weighted by Crippen LogP contribution is 2.38. The van der Waals surface area contributed by atoms with E-state index in [1.54, 1.807) is 29.3 Å². The van der Waals surface area contributed by atoms with Crippen molar-refractivity contribution in [1.82, 2.24) is 15.3 Å².